The van der Waals surface area contributed by atoms with Gasteiger partial charge in [-0.2, -0.15) is 8.78 Å². The van der Waals surface area contributed by atoms with Crippen LogP contribution in [0.25, 0.3) is 0 Å². The summed E-state index contributed by atoms with van der Waals surface area (Å²) >= 11 is 0. The molecule has 0 aromatic heterocycles. The second-order valence-corrected chi connectivity index (χ2v) is 6.41. The van der Waals surface area contributed by atoms with E-state index in [1.54, 1.807) is 6.92 Å². The molecule has 9 heteroatoms. The summed E-state index contributed by atoms with van der Waals surface area (Å²) < 4.78 is 60.8. The lowest BCUT2D eigenvalue weighted by Crippen LogP contribution is -2.15. The van der Waals surface area contributed by atoms with E-state index in [1.807, 2.05) is 0 Å². The summed E-state index contributed by atoms with van der Waals surface area (Å²) in [6, 6.07) is 10.4. The number of anilines is 1. The molecule has 0 aliphatic carbocycles. The van der Waals surface area contributed by atoms with Gasteiger partial charge in [0.05, 0.1) is 22.8 Å². The van der Waals surface area contributed by atoms with Gasteiger partial charge >= 0.3 is 12.6 Å². The fraction of sp³-hybridized carbons (Fsp3) is 0.188. The van der Waals surface area contributed by atoms with Crippen molar-refractivity contribution in [2.75, 3.05) is 11.3 Å². The molecule has 0 fully saturated rings. The Hall–Kier alpha value is -2.68. The van der Waals surface area contributed by atoms with Crippen LogP contribution in [0.2, 0.25) is 0 Å². The molecule has 0 aliphatic rings. The zero-order valence-electron chi connectivity index (χ0n) is 13.1. The molecule has 0 atom stereocenters. The monoisotopic (exact) mass is 371 g/mol. The maximum atomic E-state index is 12.4. The van der Waals surface area contributed by atoms with Gasteiger partial charge in [-0.15, -0.1) is 0 Å². The Morgan fingerprint density at radius 3 is 2.36 bits per heavy atom. The molecular formula is C16H15F2NO5S. The van der Waals surface area contributed by atoms with Gasteiger partial charge in [0.1, 0.15) is 5.75 Å². The molecule has 0 heterocycles. The number of ether oxygens (including phenoxy) is 2. The van der Waals surface area contributed by atoms with Gasteiger partial charge in [-0.1, -0.05) is 12.1 Å². The van der Waals surface area contributed by atoms with Crippen molar-refractivity contribution < 1.29 is 31.5 Å². The Kier molecular flexibility index (Phi) is 5.92. The summed E-state index contributed by atoms with van der Waals surface area (Å²) in [5, 5.41) is 0. The van der Waals surface area contributed by atoms with E-state index in [1.165, 1.54) is 48.5 Å². The van der Waals surface area contributed by atoms with Crippen molar-refractivity contribution in [3.8, 4) is 5.75 Å². The molecular weight excluding hydrogens is 356 g/mol. The van der Waals surface area contributed by atoms with E-state index >= 15 is 0 Å². The van der Waals surface area contributed by atoms with E-state index < -0.39 is 22.6 Å². The molecule has 0 radical (unpaired) electrons. The van der Waals surface area contributed by atoms with Crippen molar-refractivity contribution in [2.24, 2.45) is 0 Å². The van der Waals surface area contributed by atoms with Crippen molar-refractivity contribution in [3.63, 3.8) is 0 Å². The molecule has 0 aliphatic heterocycles. The third-order valence-corrected chi connectivity index (χ3v) is 4.40. The number of sulfonamides is 1. The van der Waals surface area contributed by atoms with Gasteiger partial charge in [0.15, 0.2) is 0 Å². The zero-order valence-corrected chi connectivity index (χ0v) is 13.9. The average Bonchev–Trinajstić information content (AvgIpc) is 2.56. The third kappa shape index (κ3) is 4.90. The quantitative estimate of drug-likeness (QED) is 0.756. The van der Waals surface area contributed by atoms with Crippen molar-refractivity contribution in [1.29, 1.82) is 0 Å². The number of rotatable bonds is 7. The highest BCUT2D eigenvalue weighted by Gasteiger charge is 2.18. The van der Waals surface area contributed by atoms with Crippen molar-refractivity contribution in [3.05, 3.63) is 54.1 Å². The predicted octanol–water partition coefficient (Wildman–Crippen LogP) is 3.27. The molecule has 0 bridgehead atoms. The van der Waals surface area contributed by atoms with E-state index in [4.69, 9.17) is 4.74 Å². The Bertz CT molecular complexity index is 838. The van der Waals surface area contributed by atoms with Crippen LogP contribution in [0.3, 0.4) is 0 Å². The fourth-order valence-corrected chi connectivity index (χ4v) is 3.01. The van der Waals surface area contributed by atoms with Crippen molar-refractivity contribution in [1.82, 2.24) is 0 Å². The van der Waals surface area contributed by atoms with Gasteiger partial charge in [0.25, 0.3) is 10.0 Å². The second kappa shape index (κ2) is 7.93. The van der Waals surface area contributed by atoms with Crippen molar-refractivity contribution in [2.45, 2.75) is 18.4 Å². The van der Waals surface area contributed by atoms with E-state index in [2.05, 4.69) is 9.46 Å². The lowest BCUT2D eigenvalue weighted by Gasteiger charge is -2.13. The van der Waals surface area contributed by atoms with Gasteiger partial charge < -0.3 is 9.47 Å². The molecule has 0 spiro atoms. The number of carbonyl (C=O) groups excluding carboxylic acids is 1. The number of alkyl halides is 2. The molecule has 134 valence electrons. The van der Waals surface area contributed by atoms with Crippen LogP contribution in [-0.4, -0.2) is 27.6 Å². The number of para-hydroxylation sites is 2. The molecule has 0 unspecified atom stereocenters. The van der Waals surface area contributed by atoms with Crippen LogP contribution in [0.15, 0.2) is 53.4 Å². The number of hydrogen-bond acceptors (Lipinski definition) is 5. The van der Waals surface area contributed by atoms with E-state index in [9.17, 15) is 22.0 Å². The van der Waals surface area contributed by atoms with Crippen molar-refractivity contribution >= 4 is 21.7 Å². The summed E-state index contributed by atoms with van der Waals surface area (Å²) in [6.07, 6.45) is 0. The summed E-state index contributed by atoms with van der Waals surface area (Å²) in [5.41, 5.74) is 0.0690. The minimum Gasteiger partial charge on any atom is -0.462 e. The van der Waals surface area contributed by atoms with Gasteiger partial charge in [0.2, 0.25) is 0 Å². The first-order chi connectivity index (χ1) is 11.8. The summed E-state index contributed by atoms with van der Waals surface area (Å²) in [6.45, 7) is -1.24. The first-order valence-electron chi connectivity index (χ1n) is 7.17. The predicted molar refractivity (Wildman–Crippen MR) is 86.3 cm³/mol. The van der Waals surface area contributed by atoms with Gasteiger partial charge in [-0.3, -0.25) is 4.72 Å². The van der Waals surface area contributed by atoms with Crippen LogP contribution in [-0.2, 0) is 14.8 Å². The maximum absolute atomic E-state index is 12.4. The van der Waals surface area contributed by atoms with E-state index in [0.717, 1.165) is 0 Å². The standard InChI is InChI=1S/C16H15F2NO5S/c1-2-23-15(20)11-7-9-12(10-8-11)25(21,22)19-13-5-3-4-6-14(13)24-16(17)18/h3-10,16,19H,2H2,1H3. The molecule has 25 heavy (non-hydrogen) atoms. The summed E-state index contributed by atoms with van der Waals surface area (Å²) in [5.74, 6) is -0.876. The number of hydrogen-bond donors (Lipinski definition) is 1. The van der Waals surface area contributed by atoms with Crippen LogP contribution >= 0.6 is 0 Å². The third-order valence-electron chi connectivity index (χ3n) is 3.02. The van der Waals surface area contributed by atoms with Gasteiger partial charge in [-0.05, 0) is 43.3 Å². The fourth-order valence-electron chi connectivity index (χ4n) is 1.94. The topological polar surface area (TPSA) is 81.7 Å². The number of nitrogens with one attached hydrogen (secondary N) is 1. The number of benzene rings is 2. The molecule has 0 saturated heterocycles. The van der Waals surface area contributed by atoms with Crippen LogP contribution in [0.4, 0.5) is 14.5 Å². The smallest absolute Gasteiger partial charge is 0.387 e. The second-order valence-electron chi connectivity index (χ2n) is 4.73. The molecule has 1 N–H and O–H groups in total. The zero-order chi connectivity index (χ0) is 18.4. The number of halogens is 2. The molecule has 0 amide bonds. The minimum atomic E-state index is -4.05. The Labute approximate surface area is 143 Å². The van der Waals surface area contributed by atoms with Crippen LogP contribution < -0.4 is 9.46 Å². The average molecular weight is 371 g/mol. The molecule has 2 aromatic carbocycles. The largest absolute Gasteiger partial charge is 0.462 e. The minimum absolute atomic E-state index is 0.128. The first kappa shape index (κ1) is 18.7. The highest BCUT2D eigenvalue weighted by molar-refractivity contribution is 7.92. The molecule has 2 aromatic rings. The van der Waals surface area contributed by atoms with E-state index in [0.29, 0.717) is 0 Å². The normalized spacial score (nSPS) is 11.2. The lowest BCUT2D eigenvalue weighted by molar-refractivity contribution is -0.0493. The number of esters is 1. The Morgan fingerprint density at radius 1 is 1.12 bits per heavy atom. The molecule has 6 nitrogen and oxygen atoms in total. The van der Waals surface area contributed by atoms with Gasteiger partial charge in [0, 0.05) is 0 Å². The number of carbonyl (C=O) groups is 1. The molecule has 2 rings (SSSR count). The maximum Gasteiger partial charge on any atom is 0.387 e. The summed E-state index contributed by atoms with van der Waals surface area (Å²) in [4.78, 5) is 11.4. The Balaban J connectivity index is 2.24. The van der Waals surface area contributed by atoms with Crippen LogP contribution in [0.1, 0.15) is 17.3 Å². The molecule has 0 saturated carbocycles. The SMILES string of the molecule is CCOC(=O)c1ccc(S(=O)(=O)Nc2ccccc2OC(F)F)cc1. The Morgan fingerprint density at radius 2 is 1.76 bits per heavy atom. The van der Waals surface area contributed by atoms with Gasteiger partial charge in [-0.25, -0.2) is 13.2 Å². The first-order valence-corrected chi connectivity index (χ1v) is 8.65. The lowest BCUT2D eigenvalue weighted by atomic mass is 10.2. The summed E-state index contributed by atoms with van der Waals surface area (Å²) in [7, 11) is -4.05. The van der Waals surface area contributed by atoms with Crippen LogP contribution in [0.5, 0.6) is 5.75 Å². The highest BCUT2D eigenvalue weighted by atomic mass is 32.2. The van der Waals surface area contributed by atoms with E-state index in [-0.39, 0.29) is 28.5 Å². The van der Waals surface area contributed by atoms with Crippen LogP contribution in [0, 0.1) is 0 Å². The highest BCUT2D eigenvalue weighted by Crippen LogP contribution is 2.28.